The number of nitrogens with zero attached hydrogens (tertiary/aromatic N) is 3. The number of rotatable bonds is 8. The van der Waals surface area contributed by atoms with Crippen LogP contribution in [0.1, 0.15) is 46.5 Å². The summed E-state index contributed by atoms with van der Waals surface area (Å²) in [5.74, 6) is 1.48. The van der Waals surface area contributed by atoms with Gasteiger partial charge < -0.3 is 10.1 Å². The summed E-state index contributed by atoms with van der Waals surface area (Å²) >= 11 is 0. The molecule has 0 aliphatic rings. The average molecular weight is 268 g/mol. The van der Waals surface area contributed by atoms with Gasteiger partial charge in [0.15, 0.2) is 0 Å². The van der Waals surface area contributed by atoms with Crippen LogP contribution in [-0.2, 0) is 11.2 Å². The Balaban J connectivity index is 2.82. The van der Waals surface area contributed by atoms with Crippen LogP contribution in [0, 0.1) is 5.92 Å². The van der Waals surface area contributed by atoms with Crippen molar-refractivity contribution in [3.63, 3.8) is 0 Å². The summed E-state index contributed by atoms with van der Waals surface area (Å²) in [5, 5.41) is 7.66. The number of hydrogen-bond donors (Lipinski definition) is 1. The molecular weight excluding hydrogens is 240 g/mol. The molecule has 0 aliphatic carbocycles. The molecule has 0 fully saturated rings. The minimum atomic E-state index is 0.187. The van der Waals surface area contributed by atoms with Crippen LogP contribution in [0.25, 0.3) is 0 Å². The fourth-order valence-electron chi connectivity index (χ4n) is 2.40. The molecule has 5 nitrogen and oxygen atoms in total. The molecule has 0 aliphatic heterocycles. The first-order valence-corrected chi connectivity index (χ1v) is 7.18. The Morgan fingerprint density at radius 2 is 2.00 bits per heavy atom. The van der Waals surface area contributed by atoms with Gasteiger partial charge in [-0.3, -0.25) is 0 Å². The van der Waals surface area contributed by atoms with Gasteiger partial charge in [0.25, 0.3) is 0 Å². The zero-order chi connectivity index (χ0) is 14.4. The lowest BCUT2D eigenvalue weighted by molar-refractivity contribution is 0.00464. The van der Waals surface area contributed by atoms with Crippen LogP contribution >= 0.6 is 0 Å². The van der Waals surface area contributed by atoms with Gasteiger partial charge in [0.1, 0.15) is 12.2 Å². The molecule has 0 saturated carbocycles. The largest absolute Gasteiger partial charge is 0.377 e. The number of likely N-dealkylation sites (N-methyl/N-ethyl adjacent to an activating group) is 1. The maximum absolute atomic E-state index is 5.89. The summed E-state index contributed by atoms with van der Waals surface area (Å²) in [6, 6.07) is 0.584. The van der Waals surface area contributed by atoms with Crippen molar-refractivity contribution in [3.8, 4) is 0 Å². The lowest BCUT2D eigenvalue weighted by Crippen LogP contribution is -2.44. The third-order valence-corrected chi connectivity index (χ3v) is 3.32. The highest BCUT2D eigenvalue weighted by molar-refractivity contribution is 4.94. The molecule has 0 spiro atoms. The van der Waals surface area contributed by atoms with Crippen molar-refractivity contribution in [2.24, 2.45) is 5.92 Å². The van der Waals surface area contributed by atoms with Crippen molar-refractivity contribution in [2.45, 2.75) is 59.2 Å². The van der Waals surface area contributed by atoms with E-state index in [2.05, 4.69) is 43.1 Å². The fraction of sp³-hybridized carbons (Fsp3) is 0.857. The molecule has 1 aromatic heterocycles. The highest BCUT2D eigenvalue weighted by Gasteiger charge is 2.25. The van der Waals surface area contributed by atoms with E-state index < -0.39 is 0 Å². The number of ether oxygens (including phenoxy) is 1. The Morgan fingerprint density at radius 1 is 1.32 bits per heavy atom. The molecule has 2 unspecified atom stereocenters. The third kappa shape index (κ3) is 4.28. The van der Waals surface area contributed by atoms with Crippen molar-refractivity contribution in [3.05, 3.63) is 12.2 Å². The smallest absolute Gasteiger partial charge is 0.138 e. The molecule has 2 atom stereocenters. The van der Waals surface area contributed by atoms with Crippen molar-refractivity contribution in [2.75, 3.05) is 13.7 Å². The summed E-state index contributed by atoms with van der Waals surface area (Å²) in [7, 11) is 1.98. The predicted octanol–water partition coefficient (Wildman–Crippen LogP) is 2.05. The van der Waals surface area contributed by atoms with Gasteiger partial charge in [0.05, 0.1) is 6.10 Å². The number of hydrogen-bond acceptors (Lipinski definition) is 4. The zero-order valence-electron chi connectivity index (χ0n) is 13.1. The standard InChI is InChI=1S/C14H28N4O/c1-7-19-14(10(2)3)12(15-6)8-13-16-9-17-18(13)11(4)5/h9-12,14-15H,7-8H2,1-6H3. The Kier molecular flexibility index (Phi) is 6.45. The van der Waals surface area contributed by atoms with Crippen LogP contribution in [0.5, 0.6) is 0 Å². The summed E-state index contributed by atoms with van der Waals surface area (Å²) in [5.41, 5.74) is 0. The minimum absolute atomic E-state index is 0.187. The molecule has 0 amide bonds. The van der Waals surface area contributed by atoms with Crippen LogP contribution in [0.15, 0.2) is 6.33 Å². The van der Waals surface area contributed by atoms with Crippen LogP contribution in [0.3, 0.4) is 0 Å². The van der Waals surface area contributed by atoms with Gasteiger partial charge in [-0.15, -0.1) is 0 Å². The molecule has 1 rings (SSSR count). The Hall–Kier alpha value is -0.940. The van der Waals surface area contributed by atoms with E-state index in [0.717, 1.165) is 18.9 Å². The summed E-state index contributed by atoms with van der Waals surface area (Å²) in [6.45, 7) is 11.4. The van der Waals surface area contributed by atoms with Gasteiger partial charge in [-0.2, -0.15) is 5.10 Å². The quantitative estimate of drug-likeness (QED) is 0.784. The lowest BCUT2D eigenvalue weighted by atomic mass is 9.96. The monoisotopic (exact) mass is 268 g/mol. The molecule has 1 N–H and O–H groups in total. The van der Waals surface area contributed by atoms with Crippen molar-refractivity contribution >= 4 is 0 Å². The Morgan fingerprint density at radius 3 is 2.47 bits per heavy atom. The molecule has 0 saturated heterocycles. The molecule has 0 radical (unpaired) electrons. The summed E-state index contributed by atoms with van der Waals surface area (Å²) in [6.07, 6.45) is 2.65. The topological polar surface area (TPSA) is 52.0 Å². The maximum atomic E-state index is 5.89. The van der Waals surface area contributed by atoms with E-state index >= 15 is 0 Å². The lowest BCUT2D eigenvalue weighted by Gasteiger charge is -2.29. The Labute approximate surface area is 116 Å². The van der Waals surface area contributed by atoms with E-state index in [-0.39, 0.29) is 12.1 Å². The molecule has 1 heterocycles. The van der Waals surface area contributed by atoms with E-state index in [9.17, 15) is 0 Å². The van der Waals surface area contributed by atoms with Crippen LogP contribution in [-0.4, -0.2) is 40.6 Å². The van der Waals surface area contributed by atoms with Crippen molar-refractivity contribution < 1.29 is 4.74 Å². The predicted molar refractivity (Wildman–Crippen MR) is 77.2 cm³/mol. The first kappa shape index (κ1) is 16.1. The zero-order valence-corrected chi connectivity index (χ0v) is 13.1. The average Bonchev–Trinajstić information content (AvgIpc) is 2.81. The van der Waals surface area contributed by atoms with Crippen molar-refractivity contribution in [1.29, 1.82) is 0 Å². The second kappa shape index (κ2) is 7.60. The normalized spacial score (nSPS) is 15.2. The Bertz CT molecular complexity index is 362. The summed E-state index contributed by atoms with van der Waals surface area (Å²) in [4.78, 5) is 4.38. The van der Waals surface area contributed by atoms with Crippen LogP contribution in [0.2, 0.25) is 0 Å². The molecule has 5 heteroatoms. The SMILES string of the molecule is CCOC(C(C)C)C(Cc1ncnn1C(C)C)NC. The third-order valence-electron chi connectivity index (χ3n) is 3.32. The maximum Gasteiger partial charge on any atom is 0.138 e. The van der Waals surface area contributed by atoms with E-state index in [1.54, 1.807) is 6.33 Å². The number of nitrogens with one attached hydrogen (secondary N) is 1. The van der Waals surface area contributed by atoms with E-state index in [1.165, 1.54) is 0 Å². The van der Waals surface area contributed by atoms with Crippen molar-refractivity contribution in [1.82, 2.24) is 20.1 Å². The first-order valence-electron chi connectivity index (χ1n) is 7.18. The highest BCUT2D eigenvalue weighted by atomic mass is 16.5. The highest BCUT2D eigenvalue weighted by Crippen LogP contribution is 2.16. The second-order valence-electron chi connectivity index (χ2n) is 5.48. The van der Waals surface area contributed by atoms with Gasteiger partial charge in [-0.05, 0) is 33.7 Å². The molecular formula is C14H28N4O. The van der Waals surface area contributed by atoms with E-state index in [4.69, 9.17) is 4.74 Å². The van der Waals surface area contributed by atoms with Crippen LogP contribution < -0.4 is 5.32 Å². The second-order valence-corrected chi connectivity index (χ2v) is 5.48. The fourth-order valence-corrected chi connectivity index (χ4v) is 2.40. The molecule has 19 heavy (non-hydrogen) atoms. The molecule has 0 bridgehead atoms. The van der Waals surface area contributed by atoms with Gasteiger partial charge in [-0.25, -0.2) is 9.67 Å². The van der Waals surface area contributed by atoms with Gasteiger partial charge in [-0.1, -0.05) is 13.8 Å². The molecule has 0 aromatic carbocycles. The molecule has 110 valence electrons. The molecule has 1 aromatic rings. The van der Waals surface area contributed by atoms with Gasteiger partial charge >= 0.3 is 0 Å². The van der Waals surface area contributed by atoms with Gasteiger partial charge in [0.2, 0.25) is 0 Å². The first-order chi connectivity index (χ1) is 9.01. The van der Waals surface area contributed by atoms with Gasteiger partial charge in [0, 0.05) is 25.1 Å². The van der Waals surface area contributed by atoms with E-state index in [1.807, 2.05) is 18.7 Å². The van der Waals surface area contributed by atoms with E-state index in [0.29, 0.717) is 12.0 Å². The number of aromatic nitrogens is 3. The summed E-state index contributed by atoms with van der Waals surface area (Å²) < 4.78 is 7.87. The van der Waals surface area contributed by atoms with Crippen LogP contribution in [0.4, 0.5) is 0 Å². The minimum Gasteiger partial charge on any atom is -0.377 e.